The number of benzene rings is 2. The molecule has 6 rings (SSSR count). The lowest BCUT2D eigenvalue weighted by molar-refractivity contribution is 0.122. The van der Waals surface area contributed by atoms with E-state index in [1.54, 1.807) is 24.3 Å². The van der Waals surface area contributed by atoms with Crippen molar-refractivity contribution in [2.45, 2.75) is 44.7 Å². The fourth-order valence-corrected chi connectivity index (χ4v) is 6.28. The summed E-state index contributed by atoms with van der Waals surface area (Å²) < 4.78 is 35.3. The van der Waals surface area contributed by atoms with Crippen LogP contribution in [0.1, 0.15) is 43.5 Å². The number of morpholine rings is 1. The SMILES string of the molecule is C=CN(Cc1ccccc1Cl)C1CCC(CNc2nc(N3CCOCC3)cc(-n3c(C(F)F)nc4ccccc43)n2)CC1. The van der Waals surface area contributed by atoms with Gasteiger partial charge in [0, 0.05) is 43.3 Å². The maximum absolute atomic E-state index is 14.2. The lowest BCUT2D eigenvalue weighted by atomic mass is 9.85. The number of para-hydroxylation sites is 2. The average molecular weight is 608 g/mol. The lowest BCUT2D eigenvalue weighted by Gasteiger charge is -2.36. The molecule has 1 aliphatic heterocycles. The topological polar surface area (TPSA) is 71.3 Å². The molecule has 1 saturated heterocycles. The standard InChI is InChI=1S/C32H36ClF2N7O/c1-2-40(21-23-7-3-4-8-25(23)33)24-13-11-22(12-14-24)20-36-32-38-28(41-15-17-43-18-16-41)19-29(39-32)42-27-10-6-5-9-26(27)37-31(42)30(34)35/h2-10,19,22,24,30H,1,11-18,20-21H2,(H,36,38,39). The van der Waals surface area contributed by atoms with E-state index < -0.39 is 6.43 Å². The lowest BCUT2D eigenvalue weighted by Crippen LogP contribution is -2.37. The molecule has 11 heteroatoms. The van der Waals surface area contributed by atoms with Crippen LogP contribution in [-0.2, 0) is 11.3 Å². The van der Waals surface area contributed by atoms with Crippen LogP contribution >= 0.6 is 11.6 Å². The minimum atomic E-state index is -2.76. The third-order valence-corrected chi connectivity index (χ3v) is 8.79. The number of fused-ring (bicyclic) bond motifs is 1. The number of imidazole rings is 1. The Kier molecular flexibility index (Phi) is 9.04. The fraction of sp³-hybridized carbons (Fsp3) is 0.406. The van der Waals surface area contributed by atoms with E-state index in [4.69, 9.17) is 26.3 Å². The zero-order valence-electron chi connectivity index (χ0n) is 24.0. The molecule has 1 aliphatic carbocycles. The molecular formula is C32H36ClF2N7O. The maximum atomic E-state index is 14.2. The molecule has 2 fully saturated rings. The van der Waals surface area contributed by atoms with Crippen molar-refractivity contribution < 1.29 is 13.5 Å². The Balaban J connectivity index is 1.19. The van der Waals surface area contributed by atoms with E-state index in [-0.39, 0.29) is 5.82 Å². The minimum absolute atomic E-state index is 0.333. The van der Waals surface area contributed by atoms with Gasteiger partial charge in [0.2, 0.25) is 5.95 Å². The second-order valence-electron chi connectivity index (χ2n) is 11.1. The number of halogens is 3. The van der Waals surface area contributed by atoms with Gasteiger partial charge in [0.05, 0.1) is 24.2 Å². The molecule has 0 amide bonds. The van der Waals surface area contributed by atoms with E-state index in [1.807, 2.05) is 30.5 Å². The molecule has 2 aliphatic rings. The number of alkyl halides is 2. The largest absolute Gasteiger partial charge is 0.378 e. The summed E-state index contributed by atoms with van der Waals surface area (Å²) in [5.74, 6) is 1.57. The molecule has 1 saturated carbocycles. The van der Waals surface area contributed by atoms with E-state index in [0.717, 1.165) is 42.8 Å². The number of rotatable bonds is 10. The third-order valence-electron chi connectivity index (χ3n) is 8.42. The van der Waals surface area contributed by atoms with Gasteiger partial charge in [-0.05, 0) is 61.6 Å². The second kappa shape index (κ2) is 13.3. The third kappa shape index (κ3) is 6.60. The highest BCUT2D eigenvalue weighted by Crippen LogP contribution is 2.32. The maximum Gasteiger partial charge on any atom is 0.296 e. The number of nitrogens with one attached hydrogen (secondary N) is 1. The van der Waals surface area contributed by atoms with Crippen molar-refractivity contribution in [3.8, 4) is 5.82 Å². The van der Waals surface area contributed by atoms with Crippen LogP contribution in [0.4, 0.5) is 20.5 Å². The molecule has 3 heterocycles. The molecule has 8 nitrogen and oxygen atoms in total. The Hall–Kier alpha value is -3.76. The quantitative estimate of drug-likeness (QED) is 0.211. The van der Waals surface area contributed by atoms with E-state index >= 15 is 0 Å². The summed E-state index contributed by atoms with van der Waals surface area (Å²) in [6, 6.07) is 17.2. The fourth-order valence-electron chi connectivity index (χ4n) is 6.08. The number of hydrogen-bond donors (Lipinski definition) is 1. The summed E-state index contributed by atoms with van der Waals surface area (Å²) >= 11 is 6.41. The van der Waals surface area contributed by atoms with E-state index in [9.17, 15) is 8.78 Å². The predicted octanol–water partition coefficient (Wildman–Crippen LogP) is 6.86. The van der Waals surface area contributed by atoms with Crippen LogP contribution in [0.25, 0.3) is 16.9 Å². The first kappa shape index (κ1) is 29.3. The van der Waals surface area contributed by atoms with Gasteiger partial charge in [-0.1, -0.05) is 48.5 Å². The molecule has 226 valence electrons. The van der Waals surface area contributed by atoms with Gasteiger partial charge in [-0.25, -0.2) is 13.8 Å². The molecule has 2 aromatic carbocycles. The van der Waals surface area contributed by atoms with Crippen LogP contribution in [0.2, 0.25) is 5.02 Å². The molecule has 0 atom stereocenters. The van der Waals surface area contributed by atoms with Gasteiger partial charge in [0.1, 0.15) is 11.6 Å². The van der Waals surface area contributed by atoms with Gasteiger partial charge < -0.3 is 19.9 Å². The highest BCUT2D eigenvalue weighted by atomic mass is 35.5. The van der Waals surface area contributed by atoms with Gasteiger partial charge in [-0.2, -0.15) is 9.97 Å². The minimum Gasteiger partial charge on any atom is -0.378 e. The Labute approximate surface area is 255 Å². The van der Waals surface area contributed by atoms with Crippen LogP contribution in [0.5, 0.6) is 0 Å². The molecular weight excluding hydrogens is 572 g/mol. The van der Waals surface area contributed by atoms with Gasteiger partial charge in [-0.3, -0.25) is 4.57 Å². The monoisotopic (exact) mass is 607 g/mol. The normalized spacial score (nSPS) is 19.1. The summed E-state index contributed by atoms with van der Waals surface area (Å²) in [6.45, 7) is 8.00. The van der Waals surface area contributed by atoms with Crippen LogP contribution in [0.15, 0.2) is 67.4 Å². The second-order valence-corrected chi connectivity index (χ2v) is 11.5. The summed E-state index contributed by atoms with van der Waals surface area (Å²) in [5, 5.41) is 4.22. The van der Waals surface area contributed by atoms with E-state index in [1.165, 1.54) is 4.57 Å². The molecule has 0 bridgehead atoms. The van der Waals surface area contributed by atoms with Crippen molar-refractivity contribution in [3.05, 3.63) is 83.8 Å². The first-order chi connectivity index (χ1) is 21.0. The number of aromatic nitrogens is 4. The van der Waals surface area contributed by atoms with Crippen molar-refractivity contribution >= 4 is 34.4 Å². The van der Waals surface area contributed by atoms with Gasteiger partial charge in [0.25, 0.3) is 6.43 Å². The summed E-state index contributed by atoms with van der Waals surface area (Å²) in [5.41, 5.74) is 2.18. The smallest absolute Gasteiger partial charge is 0.296 e. The summed E-state index contributed by atoms with van der Waals surface area (Å²) in [6.07, 6.45) is 3.34. The number of nitrogens with zero attached hydrogens (tertiary/aromatic N) is 6. The molecule has 43 heavy (non-hydrogen) atoms. The van der Waals surface area contributed by atoms with Crippen LogP contribution in [-0.4, -0.2) is 63.3 Å². The average Bonchev–Trinajstić information content (AvgIpc) is 3.44. The Morgan fingerprint density at radius 2 is 1.72 bits per heavy atom. The van der Waals surface area contributed by atoms with E-state index in [0.29, 0.717) is 73.4 Å². The van der Waals surface area contributed by atoms with Gasteiger partial charge in [-0.15, -0.1) is 0 Å². The number of anilines is 2. The highest BCUT2D eigenvalue weighted by Gasteiger charge is 2.26. The Bertz CT molecular complexity index is 1550. The van der Waals surface area contributed by atoms with Crippen molar-refractivity contribution in [1.29, 1.82) is 0 Å². The first-order valence-corrected chi connectivity index (χ1v) is 15.2. The molecule has 0 unspecified atom stereocenters. The Morgan fingerprint density at radius 3 is 2.47 bits per heavy atom. The van der Waals surface area contributed by atoms with Gasteiger partial charge >= 0.3 is 0 Å². The van der Waals surface area contributed by atoms with Crippen LogP contribution in [0, 0.1) is 5.92 Å². The molecule has 2 aromatic heterocycles. The number of hydrogen-bond acceptors (Lipinski definition) is 7. The summed E-state index contributed by atoms with van der Waals surface area (Å²) in [4.78, 5) is 18.2. The summed E-state index contributed by atoms with van der Waals surface area (Å²) in [7, 11) is 0. The highest BCUT2D eigenvalue weighted by molar-refractivity contribution is 6.31. The van der Waals surface area contributed by atoms with Crippen molar-refractivity contribution in [3.63, 3.8) is 0 Å². The molecule has 1 N–H and O–H groups in total. The zero-order chi connectivity index (χ0) is 29.8. The molecule has 4 aromatic rings. The first-order valence-electron chi connectivity index (χ1n) is 14.8. The molecule has 0 spiro atoms. The van der Waals surface area contributed by atoms with Crippen LogP contribution in [0.3, 0.4) is 0 Å². The molecule has 0 radical (unpaired) electrons. The Morgan fingerprint density at radius 1 is 1.00 bits per heavy atom. The van der Waals surface area contributed by atoms with Crippen molar-refractivity contribution in [1.82, 2.24) is 24.4 Å². The van der Waals surface area contributed by atoms with Crippen LogP contribution < -0.4 is 10.2 Å². The zero-order valence-corrected chi connectivity index (χ0v) is 24.8. The van der Waals surface area contributed by atoms with E-state index in [2.05, 4.69) is 32.7 Å². The number of ether oxygens (including phenoxy) is 1. The van der Waals surface area contributed by atoms with Gasteiger partial charge in [0.15, 0.2) is 5.82 Å². The van der Waals surface area contributed by atoms with Crippen molar-refractivity contribution in [2.75, 3.05) is 43.1 Å². The predicted molar refractivity (Wildman–Crippen MR) is 166 cm³/mol. The van der Waals surface area contributed by atoms with Crippen molar-refractivity contribution in [2.24, 2.45) is 5.92 Å².